The molecule has 1 aliphatic rings. The number of ketones is 1. The summed E-state index contributed by atoms with van der Waals surface area (Å²) in [6.07, 6.45) is 0.874. The summed E-state index contributed by atoms with van der Waals surface area (Å²) in [5, 5.41) is 2.51. The van der Waals surface area contributed by atoms with Crippen LogP contribution in [0, 0.1) is 11.6 Å². The lowest BCUT2D eigenvalue weighted by atomic mass is 9.75. The number of halogens is 2. The largest absolute Gasteiger partial charge is 0.444 e. The lowest BCUT2D eigenvalue weighted by molar-refractivity contribution is -0.128. The van der Waals surface area contributed by atoms with E-state index in [1.807, 2.05) is 0 Å². The fourth-order valence-electron chi connectivity index (χ4n) is 2.82. The predicted octanol–water partition coefficient (Wildman–Crippen LogP) is 3.83. The fraction of sp³-hybridized carbons (Fsp3) is 0.529. The topological polar surface area (TPSA) is 55.4 Å². The number of hydrogen-bond acceptors (Lipinski definition) is 3. The Balaban J connectivity index is 2.43. The Hall–Kier alpha value is -1.98. The van der Waals surface area contributed by atoms with Crippen LogP contribution in [0.1, 0.15) is 52.0 Å². The van der Waals surface area contributed by atoms with Crippen LogP contribution in [-0.4, -0.2) is 17.5 Å². The molecule has 0 saturated heterocycles. The molecule has 1 atom stereocenters. The van der Waals surface area contributed by atoms with Crippen molar-refractivity contribution in [2.24, 2.45) is 0 Å². The third-order valence-corrected chi connectivity index (χ3v) is 3.81. The van der Waals surface area contributed by atoms with Crippen LogP contribution in [0.4, 0.5) is 13.6 Å². The SMILES string of the molecule is CC(C)(C)OC(=O)NC1(c2cccc(F)c2F)CCCCC1=O. The summed E-state index contributed by atoms with van der Waals surface area (Å²) >= 11 is 0. The van der Waals surface area contributed by atoms with Gasteiger partial charge in [-0.3, -0.25) is 4.79 Å². The summed E-state index contributed by atoms with van der Waals surface area (Å²) in [6, 6.07) is 3.64. The first kappa shape index (κ1) is 17.4. The van der Waals surface area contributed by atoms with Gasteiger partial charge in [0.2, 0.25) is 0 Å². The van der Waals surface area contributed by atoms with E-state index >= 15 is 0 Å². The molecule has 1 saturated carbocycles. The Morgan fingerprint density at radius 3 is 2.57 bits per heavy atom. The maximum atomic E-state index is 14.3. The monoisotopic (exact) mass is 325 g/mol. The van der Waals surface area contributed by atoms with Crippen molar-refractivity contribution in [2.45, 2.75) is 57.6 Å². The molecule has 1 unspecified atom stereocenters. The van der Waals surface area contributed by atoms with Crippen molar-refractivity contribution < 1.29 is 23.1 Å². The van der Waals surface area contributed by atoms with E-state index in [-0.39, 0.29) is 24.2 Å². The summed E-state index contributed by atoms with van der Waals surface area (Å²) < 4.78 is 33.1. The molecule has 1 aromatic rings. The van der Waals surface area contributed by atoms with Gasteiger partial charge in [-0.1, -0.05) is 12.1 Å². The van der Waals surface area contributed by atoms with E-state index in [2.05, 4.69) is 5.32 Å². The Morgan fingerprint density at radius 1 is 1.26 bits per heavy atom. The molecule has 0 spiro atoms. The van der Waals surface area contributed by atoms with Crippen LogP contribution in [0.5, 0.6) is 0 Å². The average molecular weight is 325 g/mol. The molecule has 4 nitrogen and oxygen atoms in total. The second kappa shape index (κ2) is 6.26. The maximum absolute atomic E-state index is 14.3. The fourth-order valence-corrected chi connectivity index (χ4v) is 2.82. The number of ether oxygens (including phenoxy) is 1. The maximum Gasteiger partial charge on any atom is 0.408 e. The number of rotatable bonds is 2. The number of alkyl carbamates (subject to hydrolysis) is 1. The number of Topliss-reactive ketones (excluding diaryl/α,β-unsaturated/α-hetero) is 1. The summed E-state index contributed by atoms with van der Waals surface area (Å²) in [5.41, 5.74) is -2.48. The van der Waals surface area contributed by atoms with Crippen molar-refractivity contribution >= 4 is 11.9 Å². The molecule has 0 heterocycles. The molecule has 0 aromatic heterocycles. The Labute approximate surface area is 134 Å². The minimum Gasteiger partial charge on any atom is -0.444 e. The van der Waals surface area contributed by atoms with E-state index in [1.165, 1.54) is 12.1 Å². The first-order valence-corrected chi connectivity index (χ1v) is 7.65. The Bertz CT molecular complexity index is 625. The van der Waals surface area contributed by atoms with Crippen molar-refractivity contribution in [1.82, 2.24) is 5.32 Å². The van der Waals surface area contributed by atoms with Crippen molar-refractivity contribution in [1.29, 1.82) is 0 Å². The Morgan fingerprint density at radius 2 is 1.96 bits per heavy atom. The number of carbonyl (C=O) groups is 2. The first-order valence-electron chi connectivity index (χ1n) is 7.65. The van der Waals surface area contributed by atoms with E-state index in [9.17, 15) is 18.4 Å². The van der Waals surface area contributed by atoms with Gasteiger partial charge in [0.05, 0.1) is 0 Å². The van der Waals surface area contributed by atoms with Gasteiger partial charge in [-0.15, -0.1) is 0 Å². The number of amides is 1. The Kier molecular flexibility index (Phi) is 4.73. The van der Waals surface area contributed by atoms with Crippen LogP contribution in [-0.2, 0) is 15.1 Å². The predicted molar refractivity (Wildman–Crippen MR) is 80.9 cm³/mol. The third-order valence-electron chi connectivity index (χ3n) is 3.81. The van der Waals surface area contributed by atoms with Crippen molar-refractivity contribution in [3.05, 3.63) is 35.4 Å². The highest BCUT2D eigenvalue weighted by atomic mass is 19.2. The summed E-state index contributed by atoms with van der Waals surface area (Å²) in [7, 11) is 0. The number of hydrogen-bond donors (Lipinski definition) is 1. The third kappa shape index (κ3) is 3.68. The zero-order valence-electron chi connectivity index (χ0n) is 13.5. The molecule has 0 bridgehead atoms. The van der Waals surface area contributed by atoms with Crippen LogP contribution < -0.4 is 5.32 Å². The molecule has 1 fully saturated rings. The molecule has 126 valence electrons. The van der Waals surface area contributed by atoms with Gasteiger partial charge in [-0.2, -0.15) is 0 Å². The number of nitrogens with one attached hydrogen (secondary N) is 1. The molecular weight excluding hydrogens is 304 g/mol. The van der Waals surface area contributed by atoms with E-state index in [4.69, 9.17) is 4.74 Å². The molecule has 23 heavy (non-hydrogen) atoms. The molecular formula is C17H21F2NO3. The molecule has 0 radical (unpaired) electrons. The highest BCUT2D eigenvalue weighted by Crippen LogP contribution is 2.36. The van der Waals surface area contributed by atoms with Gasteiger partial charge in [-0.25, -0.2) is 13.6 Å². The first-order chi connectivity index (χ1) is 10.7. The van der Waals surface area contributed by atoms with Gasteiger partial charge in [0.25, 0.3) is 0 Å². The second-order valence-corrected chi connectivity index (χ2v) is 6.76. The minimum atomic E-state index is -1.58. The number of benzene rings is 1. The molecule has 1 aromatic carbocycles. The highest BCUT2D eigenvalue weighted by Gasteiger charge is 2.45. The van der Waals surface area contributed by atoms with Crippen molar-refractivity contribution in [3.63, 3.8) is 0 Å². The van der Waals surface area contributed by atoms with E-state index < -0.39 is 28.9 Å². The van der Waals surface area contributed by atoms with E-state index in [1.54, 1.807) is 20.8 Å². The van der Waals surface area contributed by atoms with Crippen molar-refractivity contribution in [3.8, 4) is 0 Å². The molecule has 6 heteroatoms. The molecule has 0 aliphatic heterocycles. The molecule has 1 N–H and O–H groups in total. The smallest absolute Gasteiger partial charge is 0.408 e. The summed E-state index contributed by atoms with van der Waals surface area (Å²) in [6.45, 7) is 5.06. The van der Waals surface area contributed by atoms with E-state index in [0.29, 0.717) is 12.8 Å². The zero-order chi connectivity index (χ0) is 17.3. The summed E-state index contributed by atoms with van der Waals surface area (Å²) in [4.78, 5) is 24.7. The summed E-state index contributed by atoms with van der Waals surface area (Å²) in [5.74, 6) is -2.50. The normalized spacial score (nSPS) is 21.9. The van der Waals surface area contributed by atoms with Gasteiger partial charge < -0.3 is 10.1 Å². The van der Waals surface area contributed by atoms with Crippen LogP contribution in [0.3, 0.4) is 0 Å². The quantitative estimate of drug-likeness (QED) is 0.899. The lowest BCUT2D eigenvalue weighted by Gasteiger charge is -2.37. The molecule has 1 aliphatic carbocycles. The number of carbonyl (C=O) groups excluding carboxylic acids is 2. The van der Waals surface area contributed by atoms with Crippen LogP contribution in [0.2, 0.25) is 0 Å². The minimum absolute atomic E-state index is 0.145. The zero-order valence-corrected chi connectivity index (χ0v) is 13.5. The van der Waals surface area contributed by atoms with Gasteiger partial charge in [0, 0.05) is 12.0 Å². The van der Waals surface area contributed by atoms with E-state index in [0.717, 1.165) is 6.07 Å². The van der Waals surface area contributed by atoms with Crippen molar-refractivity contribution in [2.75, 3.05) is 0 Å². The van der Waals surface area contributed by atoms with Gasteiger partial charge in [0.1, 0.15) is 11.1 Å². The van der Waals surface area contributed by atoms with Gasteiger partial charge >= 0.3 is 6.09 Å². The van der Waals surface area contributed by atoms with Crippen LogP contribution in [0.15, 0.2) is 18.2 Å². The van der Waals surface area contributed by atoms with Gasteiger partial charge in [-0.05, 0) is 46.1 Å². The standard InChI is InChI=1S/C17H21F2NO3/c1-16(2,3)23-15(22)20-17(10-5-4-9-13(17)21)11-7-6-8-12(18)14(11)19/h6-8H,4-5,9-10H2,1-3H3,(H,20,22). The van der Waals surface area contributed by atoms with Gasteiger partial charge in [0.15, 0.2) is 17.4 Å². The lowest BCUT2D eigenvalue weighted by Crippen LogP contribution is -2.54. The van der Waals surface area contributed by atoms with Crippen LogP contribution in [0.25, 0.3) is 0 Å². The molecule has 1 amide bonds. The second-order valence-electron chi connectivity index (χ2n) is 6.76. The highest BCUT2D eigenvalue weighted by molar-refractivity contribution is 5.93. The average Bonchev–Trinajstić information content (AvgIpc) is 2.42. The molecule has 2 rings (SSSR count). The van der Waals surface area contributed by atoms with Crippen LogP contribution >= 0.6 is 0 Å².